The second-order valence-electron chi connectivity index (χ2n) is 5.82. The van der Waals surface area contributed by atoms with Crippen LogP contribution in [0.25, 0.3) is 0 Å². The Morgan fingerprint density at radius 3 is 2.00 bits per heavy atom. The summed E-state index contributed by atoms with van der Waals surface area (Å²) in [5.74, 6) is 0. The molecule has 0 fully saturated rings. The lowest BCUT2D eigenvalue weighted by molar-refractivity contribution is -0.00751. The van der Waals surface area contributed by atoms with Crippen LogP contribution in [0.5, 0.6) is 0 Å². The number of nitrogens with one attached hydrogen (secondary N) is 1. The molecule has 0 aromatic heterocycles. The maximum absolute atomic E-state index is 11.4. The van der Waals surface area contributed by atoms with Gasteiger partial charge in [0.2, 0.25) is 0 Å². The summed E-state index contributed by atoms with van der Waals surface area (Å²) in [6.07, 6.45) is -0.976. The van der Waals surface area contributed by atoms with E-state index >= 15 is 0 Å². The Labute approximate surface area is 92.0 Å². The van der Waals surface area contributed by atoms with Crippen LogP contribution in [-0.2, 0) is 4.74 Å². The molecule has 0 aliphatic rings. The molecule has 0 radical (unpaired) electrons. The fraction of sp³-hybridized carbons (Fsp3) is 0.909. The van der Waals surface area contributed by atoms with Crippen molar-refractivity contribution in [2.24, 2.45) is 5.41 Å². The van der Waals surface area contributed by atoms with Crippen molar-refractivity contribution in [3.05, 3.63) is 0 Å². The SMILES string of the molecule is CC(C)(C)NC(=O)O[C@@H](CO)C(C)(C)C. The first kappa shape index (κ1) is 14.2. The van der Waals surface area contributed by atoms with E-state index in [0.29, 0.717) is 0 Å². The predicted octanol–water partition coefficient (Wildman–Crippen LogP) is 1.92. The van der Waals surface area contributed by atoms with E-state index in [1.165, 1.54) is 0 Å². The molecule has 0 aromatic rings. The number of hydrogen-bond acceptors (Lipinski definition) is 3. The monoisotopic (exact) mass is 217 g/mol. The Hall–Kier alpha value is -0.770. The number of amides is 1. The van der Waals surface area contributed by atoms with Gasteiger partial charge in [-0.2, -0.15) is 0 Å². The molecule has 0 bridgehead atoms. The first-order chi connectivity index (χ1) is 6.56. The van der Waals surface area contributed by atoms with Crippen molar-refractivity contribution in [3.8, 4) is 0 Å². The average molecular weight is 217 g/mol. The van der Waals surface area contributed by atoms with Crippen molar-refractivity contribution in [2.45, 2.75) is 53.2 Å². The van der Waals surface area contributed by atoms with E-state index in [1.807, 2.05) is 41.5 Å². The Kier molecular flexibility index (Phi) is 4.59. The van der Waals surface area contributed by atoms with Gasteiger partial charge < -0.3 is 15.2 Å². The molecular formula is C11H23NO3. The Morgan fingerprint density at radius 1 is 1.27 bits per heavy atom. The van der Waals surface area contributed by atoms with Gasteiger partial charge in [0.05, 0.1) is 6.61 Å². The van der Waals surface area contributed by atoms with E-state index in [2.05, 4.69) is 5.32 Å². The van der Waals surface area contributed by atoms with Crippen molar-refractivity contribution in [2.75, 3.05) is 6.61 Å². The van der Waals surface area contributed by atoms with Gasteiger partial charge in [0, 0.05) is 11.0 Å². The largest absolute Gasteiger partial charge is 0.443 e. The fourth-order valence-electron chi connectivity index (χ4n) is 0.953. The molecule has 1 amide bonds. The first-order valence-corrected chi connectivity index (χ1v) is 5.16. The molecule has 4 heteroatoms. The number of hydrogen-bond donors (Lipinski definition) is 2. The van der Waals surface area contributed by atoms with Crippen molar-refractivity contribution in [1.82, 2.24) is 5.32 Å². The van der Waals surface area contributed by atoms with E-state index in [-0.39, 0.29) is 17.6 Å². The van der Waals surface area contributed by atoms with Gasteiger partial charge in [-0.3, -0.25) is 0 Å². The van der Waals surface area contributed by atoms with Crippen molar-refractivity contribution in [3.63, 3.8) is 0 Å². The third-order valence-electron chi connectivity index (χ3n) is 1.86. The number of alkyl carbamates (subject to hydrolysis) is 1. The van der Waals surface area contributed by atoms with Crippen LogP contribution in [0.4, 0.5) is 4.79 Å². The summed E-state index contributed by atoms with van der Waals surface area (Å²) in [7, 11) is 0. The second-order valence-corrected chi connectivity index (χ2v) is 5.82. The third kappa shape index (κ3) is 6.33. The van der Waals surface area contributed by atoms with Gasteiger partial charge in [0.25, 0.3) is 0 Å². The van der Waals surface area contributed by atoms with Crippen LogP contribution in [0, 0.1) is 5.41 Å². The van der Waals surface area contributed by atoms with Crippen LogP contribution in [0.2, 0.25) is 0 Å². The maximum Gasteiger partial charge on any atom is 0.407 e. The molecule has 0 unspecified atom stereocenters. The molecule has 0 rings (SSSR count). The van der Waals surface area contributed by atoms with Gasteiger partial charge in [-0.15, -0.1) is 0 Å². The van der Waals surface area contributed by atoms with Gasteiger partial charge >= 0.3 is 6.09 Å². The van der Waals surface area contributed by atoms with Crippen LogP contribution in [-0.4, -0.2) is 29.4 Å². The summed E-state index contributed by atoms with van der Waals surface area (Å²) < 4.78 is 5.14. The topological polar surface area (TPSA) is 58.6 Å². The number of ether oxygens (including phenoxy) is 1. The maximum atomic E-state index is 11.4. The predicted molar refractivity (Wildman–Crippen MR) is 59.7 cm³/mol. The minimum Gasteiger partial charge on any atom is -0.443 e. The highest BCUT2D eigenvalue weighted by atomic mass is 16.6. The van der Waals surface area contributed by atoms with E-state index in [9.17, 15) is 4.79 Å². The number of carbonyl (C=O) groups excluding carboxylic acids is 1. The van der Waals surface area contributed by atoms with E-state index < -0.39 is 12.2 Å². The van der Waals surface area contributed by atoms with E-state index in [0.717, 1.165) is 0 Å². The highest BCUT2D eigenvalue weighted by molar-refractivity contribution is 5.68. The molecule has 15 heavy (non-hydrogen) atoms. The Balaban J connectivity index is 4.27. The molecule has 0 spiro atoms. The number of rotatable bonds is 2. The lowest BCUT2D eigenvalue weighted by atomic mass is 9.89. The zero-order valence-corrected chi connectivity index (χ0v) is 10.5. The molecule has 0 aliphatic heterocycles. The smallest absolute Gasteiger partial charge is 0.407 e. The lowest BCUT2D eigenvalue weighted by Crippen LogP contribution is -2.45. The molecule has 90 valence electrons. The van der Waals surface area contributed by atoms with Gasteiger partial charge in [-0.1, -0.05) is 20.8 Å². The second kappa shape index (κ2) is 4.84. The van der Waals surface area contributed by atoms with Gasteiger partial charge in [0.15, 0.2) is 0 Å². The minimum absolute atomic E-state index is 0.166. The van der Waals surface area contributed by atoms with Gasteiger partial charge in [0.1, 0.15) is 6.10 Å². The van der Waals surface area contributed by atoms with Gasteiger partial charge in [-0.25, -0.2) is 4.79 Å². The van der Waals surface area contributed by atoms with Crippen molar-refractivity contribution < 1.29 is 14.6 Å². The van der Waals surface area contributed by atoms with Crippen LogP contribution >= 0.6 is 0 Å². The Bertz CT molecular complexity index is 213. The van der Waals surface area contributed by atoms with Crippen LogP contribution in [0.1, 0.15) is 41.5 Å². The minimum atomic E-state index is -0.489. The van der Waals surface area contributed by atoms with Gasteiger partial charge in [-0.05, 0) is 20.8 Å². The standard InChI is InChI=1S/C11H23NO3/c1-10(2,3)8(7-13)15-9(14)12-11(4,5)6/h8,13H,7H2,1-6H3,(H,12,14)/t8-/m0/s1. The molecule has 0 aromatic carbocycles. The molecule has 0 saturated carbocycles. The van der Waals surface area contributed by atoms with E-state index in [1.54, 1.807) is 0 Å². The molecule has 1 atom stereocenters. The molecule has 2 N–H and O–H groups in total. The zero-order chi connectivity index (χ0) is 12.3. The summed E-state index contributed by atoms with van der Waals surface area (Å²) in [5, 5.41) is 11.8. The lowest BCUT2D eigenvalue weighted by Gasteiger charge is -2.30. The molecule has 0 aliphatic carbocycles. The van der Waals surface area contributed by atoms with Crippen molar-refractivity contribution >= 4 is 6.09 Å². The molecule has 0 heterocycles. The number of carbonyl (C=O) groups is 1. The van der Waals surface area contributed by atoms with Crippen LogP contribution < -0.4 is 5.32 Å². The fourth-order valence-corrected chi connectivity index (χ4v) is 0.953. The summed E-state index contributed by atoms with van der Waals surface area (Å²) in [6, 6.07) is 0. The summed E-state index contributed by atoms with van der Waals surface area (Å²) in [4.78, 5) is 11.4. The summed E-state index contributed by atoms with van der Waals surface area (Å²) in [6.45, 7) is 11.2. The Morgan fingerprint density at radius 2 is 1.73 bits per heavy atom. The number of aliphatic hydroxyl groups is 1. The summed E-state index contributed by atoms with van der Waals surface area (Å²) >= 11 is 0. The highest BCUT2D eigenvalue weighted by Gasteiger charge is 2.28. The molecule has 4 nitrogen and oxygen atoms in total. The quantitative estimate of drug-likeness (QED) is 0.743. The third-order valence-corrected chi connectivity index (χ3v) is 1.86. The normalized spacial score (nSPS) is 14.6. The first-order valence-electron chi connectivity index (χ1n) is 5.16. The van der Waals surface area contributed by atoms with Crippen LogP contribution in [0.3, 0.4) is 0 Å². The highest BCUT2D eigenvalue weighted by Crippen LogP contribution is 2.22. The van der Waals surface area contributed by atoms with Crippen LogP contribution in [0.15, 0.2) is 0 Å². The zero-order valence-electron chi connectivity index (χ0n) is 10.5. The molecular weight excluding hydrogens is 194 g/mol. The summed E-state index contributed by atoms with van der Waals surface area (Å²) in [5.41, 5.74) is -0.584. The number of aliphatic hydroxyl groups excluding tert-OH is 1. The van der Waals surface area contributed by atoms with Crippen molar-refractivity contribution in [1.29, 1.82) is 0 Å². The average Bonchev–Trinajstić information content (AvgIpc) is 1.94. The van der Waals surface area contributed by atoms with E-state index in [4.69, 9.17) is 9.84 Å². The molecule has 0 saturated heterocycles.